The van der Waals surface area contributed by atoms with Crippen molar-refractivity contribution in [2.75, 3.05) is 0 Å². The van der Waals surface area contributed by atoms with E-state index in [-0.39, 0.29) is 0 Å². The van der Waals surface area contributed by atoms with Crippen LogP contribution in [0.15, 0.2) is 18.2 Å². The number of aryl methyl sites for hydroxylation is 1. The van der Waals surface area contributed by atoms with E-state index in [2.05, 4.69) is 31.7 Å². The van der Waals surface area contributed by atoms with Crippen LogP contribution in [-0.2, 0) is 5.88 Å². The molecule has 65 valence electrons. The fourth-order valence-electron chi connectivity index (χ4n) is 1.17. The van der Waals surface area contributed by atoms with Gasteiger partial charge in [0.2, 0.25) is 0 Å². The van der Waals surface area contributed by atoms with Crippen LogP contribution in [0.25, 0.3) is 0 Å². The number of hydrogen-bond donors (Lipinski definition) is 0. The van der Waals surface area contributed by atoms with Gasteiger partial charge in [-0.3, -0.25) is 0 Å². The normalized spacial score (nSPS) is 10.8. The van der Waals surface area contributed by atoms with Gasteiger partial charge in [0.05, 0.1) is 0 Å². The second kappa shape index (κ2) is 4.31. The maximum absolute atomic E-state index is 6.08. The summed E-state index contributed by atoms with van der Waals surface area (Å²) in [6.07, 6.45) is 0. The lowest BCUT2D eigenvalue weighted by Gasteiger charge is -2.07. The molecule has 0 fully saturated rings. The van der Waals surface area contributed by atoms with Crippen LogP contribution in [0.2, 0.25) is 6.55 Å². The molecule has 0 heterocycles. The highest BCUT2D eigenvalue weighted by Gasteiger charge is 2.08. The summed E-state index contributed by atoms with van der Waals surface area (Å²) in [5.41, 5.74) is 2.43. The Labute approximate surface area is 84.8 Å². The minimum Gasteiger partial charge on any atom is -0.163 e. The van der Waals surface area contributed by atoms with Gasteiger partial charge in [-0.1, -0.05) is 30.3 Å². The Hall–Kier alpha value is 0.0169. The maximum atomic E-state index is 6.08. The van der Waals surface area contributed by atoms with Crippen LogP contribution in [0.1, 0.15) is 11.1 Å². The predicted octanol–water partition coefficient (Wildman–Crippen LogP) is 2.80. The van der Waals surface area contributed by atoms with Crippen LogP contribution in [0, 0.1) is 6.92 Å². The zero-order valence-corrected chi connectivity index (χ0v) is 9.71. The van der Waals surface area contributed by atoms with Crippen LogP contribution in [0.4, 0.5) is 0 Å². The summed E-state index contributed by atoms with van der Waals surface area (Å²) >= 11 is 11.9. The molecular weight excluding hydrogens is 207 g/mol. The molecule has 1 aromatic rings. The summed E-state index contributed by atoms with van der Waals surface area (Å²) in [4.78, 5) is 0. The van der Waals surface area contributed by atoms with Crippen molar-refractivity contribution in [2.45, 2.75) is 19.4 Å². The predicted molar refractivity (Wildman–Crippen MR) is 57.8 cm³/mol. The van der Waals surface area contributed by atoms with Crippen molar-refractivity contribution in [3.05, 3.63) is 29.3 Å². The Morgan fingerprint density at radius 2 is 2.08 bits per heavy atom. The highest BCUT2D eigenvalue weighted by atomic mass is 35.6. The van der Waals surface area contributed by atoms with Gasteiger partial charge < -0.3 is 0 Å². The molecule has 0 aliphatic heterocycles. The molecule has 0 saturated carbocycles. The van der Waals surface area contributed by atoms with Crippen LogP contribution >= 0.6 is 22.7 Å². The topological polar surface area (TPSA) is 0 Å². The Balaban J connectivity index is 3.11. The molecule has 1 rings (SSSR count). The molecule has 0 unspecified atom stereocenters. The lowest BCUT2D eigenvalue weighted by molar-refractivity contribution is 1.37. The van der Waals surface area contributed by atoms with Crippen LogP contribution in [-0.4, -0.2) is 8.11 Å². The van der Waals surface area contributed by atoms with Crippen molar-refractivity contribution < 1.29 is 0 Å². The Kier molecular flexibility index (Phi) is 3.63. The number of rotatable bonds is 2. The van der Waals surface area contributed by atoms with Crippen LogP contribution in [0.3, 0.4) is 0 Å². The van der Waals surface area contributed by atoms with Crippen molar-refractivity contribution >= 4 is 36.0 Å². The quantitative estimate of drug-likeness (QED) is 0.407. The van der Waals surface area contributed by atoms with Gasteiger partial charge >= 0.3 is 0 Å². The third-order valence-corrected chi connectivity index (χ3v) is 3.90. The Morgan fingerprint density at radius 3 is 2.58 bits per heavy atom. The van der Waals surface area contributed by atoms with E-state index in [0.717, 1.165) is 0 Å². The van der Waals surface area contributed by atoms with Crippen molar-refractivity contribution in [2.24, 2.45) is 0 Å². The maximum Gasteiger partial charge on any atom is 0.196 e. The first-order valence-corrected chi connectivity index (χ1v) is 7.34. The number of halogens is 2. The van der Waals surface area contributed by atoms with E-state index in [0.29, 0.717) is 5.88 Å². The summed E-state index contributed by atoms with van der Waals surface area (Å²) in [6, 6.07) is 6.29. The first-order valence-electron chi connectivity index (χ1n) is 3.80. The summed E-state index contributed by atoms with van der Waals surface area (Å²) < 4.78 is 0. The van der Waals surface area contributed by atoms with Gasteiger partial charge in [0.15, 0.2) is 8.11 Å². The molecule has 0 saturated heterocycles. The zero-order valence-electron chi connectivity index (χ0n) is 7.20. The van der Waals surface area contributed by atoms with Gasteiger partial charge in [0, 0.05) is 5.88 Å². The molecule has 0 bridgehead atoms. The van der Waals surface area contributed by atoms with E-state index < -0.39 is 8.11 Å². The molecule has 0 aromatic heterocycles. The largest absolute Gasteiger partial charge is 0.196 e. The van der Waals surface area contributed by atoms with Crippen molar-refractivity contribution in [3.8, 4) is 0 Å². The van der Waals surface area contributed by atoms with Crippen molar-refractivity contribution in [1.29, 1.82) is 0 Å². The van der Waals surface area contributed by atoms with Crippen molar-refractivity contribution in [3.63, 3.8) is 0 Å². The molecule has 1 aromatic carbocycles. The van der Waals surface area contributed by atoms with Gasteiger partial charge in [-0.2, -0.15) is 11.1 Å². The fraction of sp³-hybridized carbons (Fsp3) is 0.333. The average molecular weight is 218 g/mol. The SMILES string of the molecule is Cc1ccc([Si](C)Cl)c(CCl)c1. The first-order chi connectivity index (χ1) is 5.65. The van der Waals surface area contributed by atoms with E-state index in [4.69, 9.17) is 22.7 Å². The number of hydrogen-bond acceptors (Lipinski definition) is 0. The molecule has 3 heteroatoms. The first kappa shape index (κ1) is 10.1. The number of alkyl halides is 1. The molecule has 12 heavy (non-hydrogen) atoms. The summed E-state index contributed by atoms with van der Waals surface area (Å²) in [5.74, 6) is 0.561. The summed E-state index contributed by atoms with van der Waals surface area (Å²) in [6.45, 7) is 4.13. The van der Waals surface area contributed by atoms with Gasteiger partial charge in [0.1, 0.15) is 0 Å². The van der Waals surface area contributed by atoms with Gasteiger partial charge in [-0.05, 0) is 17.7 Å². The second-order valence-corrected chi connectivity index (χ2v) is 6.40. The summed E-state index contributed by atoms with van der Waals surface area (Å²) in [5, 5.41) is 1.24. The minimum atomic E-state index is -0.883. The minimum absolute atomic E-state index is 0.561. The smallest absolute Gasteiger partial charge is 0.163 e. The lowest BCUT2D eigenvalue weighted by Crippen LogP contribution is -2.24. The molecule has 0 amide bonds. The van der Waals surface area contributed by atoms with Crippen LogP contribution < -0.4 is 5.19 Å². The fourth-order valence-corrected chi connectivity index (χ4v) is 2.97. The van der Waals surface area contributed by atoms with Gasteiger partial charge in [-0.15, -0.1) is 11.6 Å². The van der Waals surface area contributed by atoms with Crippen molar-refractivity contribution in [1.82, 2.24) is 0 Å². The molecule has 0 aliphatic rings. The Morgan fingerprint density at radius 1 is 1.42 bits per heavy atom. The van der Waals surface area contributed by atoms with E-state index in [1.807, 2.05) is 0 Å². The average Bonchev–Trinajstić information content (AvgIpc) is 2.03. The van der Waals surface area contributed by atoms with Gasteiger partial charge in [0.25, 0.3) is 0 Å². The molecule has 0 atom stereocenters. The Bertz CT molecular complexity index is 271. The van der Waals surface area contributed by atoms with E-state index in [1.54, 1.807) is 0 Å². The molecular formula is C9H11Cl2Si. The number of benzene rings is 1. The third-order valence-electron chi connectivity index (χ3n) is 1.78. The molecule has 0 N–H and O–H groups in total. The highest BCUT2D eigenvalue weighted by molar-refractivity contribution is 7.13. The van der Waals surface area contributed by atoms with E-state index in [9.17, 15) is 0 Å². The monoisotopic (exact) mass is 217 g/mol. The van der Waals surface area contributed by atoms with E-state index in [1.165, 1.54) is 16.3 Å². The van der Waals surface area contributed by atoms with E-state index >= 15 is 0 Å². The zero-order chi connectivity index (χ0) is 9.14. The standard InChI is InChI=1S/C9H11Cl2Si/c1-7-3-4-9(12(2)11)8(5-7)6-10/h3-5H,6H2,1-2H3. The highest BCUT2D eigenvalue weighted by Crippen LogP contribution is 2.07. The van der Waals surface area contributed by atoms with Gasteiger partial charge in [-0.25, -0.2) is 0 Å². The summed E-state index contributed by atoms with van der Waals surface area (Å²) in [7, 11) is -0.883. The molecule has 0 nitrogen and oxygen atoms in total. The lowest BCUT2D eigenvalue weighted by atomic mass is 10.2. The molecule has 0 spiro atoms. The van der Waals surface area contributed by atoms with Crippen LogP contribution in [0.5, 0.6) is 0 Å². The molecule has 0 aliphatic carbocycles. The molecule has 1 radical (unpaired) electrons. The second-order valence-electron chi connectivity index (χ2n) is 2.83. The third kappa shape index (κ3) is 2.25.